The van der Waals surface area contributed by atoms with E-state index < -0.39 is 0 Å². The Kier molecular flexibility index (Phi) is 4.20. The molecule has 5 heteroatoms. The van der Waals surface area contributed by atoms with E-state index in [1.807, 2.05) is 4.57 Å². The maximum absolute atomic E-state index is 13.4. The van der Waals surface area contributed by atoms with E-state index in [1.165, 1.54) is 18.9 Å². The quantitative estimate of drug-likeness (QED) is 0.852. The molecule has 1 saturated carbocycles. The molecular formula is C16H20FN3O. The van der Waals surface area contributed by atoms with E-state index in [-0.39, 0.29) is 5.82 Å². The highest BCUT2D eigenvalue weighted by Gasteiger charge is 2.20. The molecule has 112 valence electrons. The molecule has 0 aliphatic heterocycles. The van der Waals surface area contributed by atoms with Crippen molar-refractivity contribution < 1.29 is 9.13 Å². The van der Waals surface area contributed by atoms with Gasteiger partial charge in [0.1, 0.15) is 18.2 Å². The summed E-state index contributed by atoms with van der Waals surface area (Å²) in [5, 5.41) is 3.39. The third-order valence-electron chi connectivity index (χ3n) is 3.70. The molecule has 4 nitrogen and oxygen atoms in total. The molecule has 0 spiro atoms. The highest BCUT2D eigenvalue weighted by Crippen LogP contribution is 2.24. The summed E-state index contributed by atoms with van der Waals surface area (Å²) in [7, 11) is 0. The van der Waals surface area contributed by atoms with E-state index >= 15 is 0 Å². The topological polar surface area (TPSA) is 39.1 Å². The molecule has 2 aromatic rings. The molecular weight excluding hydrogens is 269 g/mol. The number of nitrogens with one attached hydrogen (secondary N) is 1. The lowest BCUT2D eigenvalue weighted by atomic mass is 10.2. The number of nitrogens with zero attached hydrogens (tertiary/aromatic N) is 2. The van der Waals surface area contributed by atoms with Crippen LogP contribution >= 0.6 is 0 Å². The number of ether oxygens (including phenoxy) is 1. The van der Waals surface area contributed by atoms with Gasteiger partial charge in [-0.25, -0.2) is 9.37 Å². The van der Waals surface area contributed by atoms with Crippen molar-refractivity contribution in [2.75, 3.05) is 0 Å². The van der Waals surface area contributed by atoms with Crippen molar-refractivity contribution in [1.82, 2.24) is 14.9 Å². The molecule has 1 aliphatic rings. The summed E-state index contributed by atoms with van der Waals surface area (Å²) in [5.74, 6) is 0.502. The summed E-state index contributed by atoms with van der Waals surface area (Å²) in [6.45, 7) is 4.01. The number of hydrogen-bond donors (Lipinski definition) is 1. The maximum atomic E-state index is 13.4. The average molecular weight is 289 g/mol. The van der Waals surface area contributed by atoms with Crippen molar-refractivity contribution in [2.45, 2.75) is 45.5 Å². The highest BCUT2D eigenvalue weighted by atomic mass is 19.1. The second-order valence-corrected chi connectivity index (χ2v) is 5.37. The van der Waals surface area contributed by atoms with E-state index in [9.17, 15) is 4.39 Å². The minimum atomic E-state index is -0.228. The molecule has 0 radical (unpaired) electrons. The molecule has 0 saturated heterocycles. The summed E-state index contributed by atoms with van der Waals surface area (Å²) >= 11 is 0. The van der Waals surface area contributed by atoms with E-state index in [0.29, 0.717) is 19.2 Å². The van der Waals surface area contributed by atoms with Crippen LogP contribution in [0.3, 0.4) is 0 Å². The Morgan fingerprint density at radius 2 is 2.29 bits per heavy atom. The molecule has 1 aliphatic carbocycles. The Bertz CT molecular complexity index is 607. The lowest BCUT2D eigenvalue weighted by molar-refractivity contribution is 0.291. The monoisotopic (exact) mass is 289 g/mol. The normalized spacial score (nSPS) is 14.4. The number of hydrogen-bond acceptors (Lipinski definition) is 3. The zero-order valence-electron chi connectivity index (χ0n) is 12.2. The van der Waals surface area contributed by atoms with E-state index in [2.05, 4.69) is 17.2 Å². The van der Waals surface area contributed by atoms with Gasteiger partial charge in [-0.1, -0.05) is 0 Å². The van der Waals surface area contributed by atoms with Crippen LogP contribution in [0, 0.1) is 5.82 Å². The lowest BCUT2D eigenvalue weighted by Crippen LogP contribution is -2.16. The first-order chi connectivity index (χ1) is 10.3. The van der Waals surface area contributed by atoms with Crippen molar-refractivity contribution in [1.29, 1.82) is 0 Å². The first kappa shape index (κ1) is 14.1. The van der Waals surface area contributed by atoms with Gasteiger partial charge in [0.25, 0.3) is 0 Å². The lowest BCUT2D eigenvalue weighted by Gasteiger charge is -2.13. The minimum absolute atomic E-state index is 0.228. The summed E-state index contributed by atoms with van der Waals surface area (Å²) < 4.78 is 21.3. The van der Waals surface area contributed by atoms with Crippen molar-refractivity contribution >= 4 is 0 Å². The first-order valence-electron chi connectivity index (χ1n) is 7.40. The molecule has 21 heavy (non-hydrogen) atoms. The molecule has 3 rings (SSSR count). The first-order valence-corrected chi connectivity index (χ1v) is 7.40. The number of halogens is 1. The molecule has 1 N–H and O–H groups in total. The molecule has 1 aromatic carbocycles. The summed E-state index contributed by atoms with van der Waals surface area (Å²) in [4.78, 5) is 4.12. The van der Waals surface area contributed by atoms with Crippen LogP contribution in [0.5, 0.6) is 5.75 Å². The van der Waals surface area contributed by atoms with Gasteiger partial charge in [0.05, 0.1) is 18.2 Å². The van der Waals surface area contributed by atoms with Gasteiger partial charge in [0.2, 0.25) is 0 Å². The van der Waals surface area contributed by atoms with Gasteiger partial charge < -0.3 is 14.6 Å². The fraction of sp³-hybridized carbons (Fsp3) is 0.438. The highest BCUT2D eigenvalue weighted by molar-refractivity contribution is 5.34. The number of benzene rings is 1. The van der Waals surface area contributed by atoms with Crippen LogP contribution in [0.1, 0.15) is 31.0 Å². The molecule has 1 aromatic heterocycles. The molecule has 0 unspecified atom stereocenters. The molecule has 1 fully saturated rings. The number of aromatic nitrogens is 2. The standard InChI is InChI=1S/C16H20FN3O/c1-2-20-11-18-9-15(20)10-21-16-6-3-13(17)7-12(16)8-19-14-4-5-14/h3,6-7,9,11,14,19H,2,4-5,8,10H2,1H3. The van der Waals surface area contributed by atoms with Crippen molar-refractivity contribution in [3.63, 3.8) is 0 Å². The second-order valence-electron chi connectivity index (χ2n) is 5.37. The van der Waals surface area contributed by atoms with Gasteiger partial charge in [0.15, 0.2) is 0 Å². The van der Waals surface area contributed by atoms with Crippen LogP contribution in [0.2, 0.25) is 0 Å². The molecule has 0 atom stereocenters. The largest absolute Gasteiger partial charge is 0.487 e. The Hall–Kier alpha value is -1.88. The van der Waals surface area contributed by atoms with Crippen LogP contribution in [0.15, 0.2) is 30.7 Å². The second kappa shape index (κ2) is 6.26. The summed E-state index contributed by atoms with van der Waals surface area (Å²) in [6, 6.07) is 5.27. The van der Waals surface area contributed by atoms with E-state index in [1.54, 1.807) is 24.7 Å². The fourth-order valence-electron chi connectivity index (χ4n) is 2.27. The van der Waals surface area contributed by atoms with Crippen LogP contribution < -0.4 is 10.1 Å². The van der Waals surface area contributed by atoms with Gasteiger partial charge in [-0.2, -0.15) is 0 Å². The van der Waals surface area contributed by atoms with Crippen molar-refractivity contribution in [2.24, 2.45) is 0 Å². The van der Waals surface area contributed by atoms with Gasteiger partial charge in [-0.15, -0.1) is 0 Å². The molecule has 0 bridgehead atoms. The minimum Gasteiger partial charge on any atom is -0.487 e. The predicted molar refractivity (Wildman–Crippen MR) is 78.5 cm³/mol. The third-order valence-corrected chi connectivity index (χ3v) is 3.70. The zero-order valence-corrected chi connectivity index (χ0v) is 12.2. The summed E-state index contributed by atoms with van der Waals surface area (Å²) in [6.07, 6.45) is 6.01. The van der Waals surface area contributed by atoms with E-state index in [4.69, 9.17) is 4.74 Å². The Balaban J connectivity index is 1.68. The Morgan fingerprint density at radius 3 is 3.05 bits per heavy atom. The number of aryl methyl sites for hydroxylation is 1. The van der Waals surface area contributed by atoms with Gasteiger partial charge >= 0.3 is 0 Å². The average Bonchev–Trinajstić information content (AvgIpc) is 3.21. The summed E-state index contributed by atoms with van der Waals surface area (Å²) in [5.41, 5.74) is 1.88. The van der Waals surface area contributed by atoms with Crippen LogP contribution in [-0.2, 0) is 19.7 Å². The Labute approximate surface area is 124 Å². The number of imidazole rings is 1. The maximum Gasteiger partial charge on any atom is 0.130 e. The van der Waals surface area contributed by atoms with Crippen LogP contribution in [0.25, 0.3) is 0 Å². The van der Waals surface area contributed by atoms with Crippen molar-refractivity contribution in [3.05, 3.63) is 47.8 Å². The third kappa shape index (κ3) is 3.61. The number of rotatable bonds is 7. The van der Waals surface area contributed by atoms with Crippen LogP contribution in [-0.4, -0.2) is 15.6 Å². The smallest absolute Gasteiger partial charge is 0.130 e. The zero-order chi connectivity index (χ0) is 14.7. The van der Waals surface area contributed by atoms with Crippen molar-refractivity contribution in [3.8, 4) is 5.75 Å². The van der Waals surface area contributed by atoms with Gasteiger partial charge in [-0.3, -0.25) is 0 Å². The predicted octanol–water partition coefficient (Wildman–Crippen LogP) is 2.87. The molecule has 1 heterocycles. The fourth-order valence-corrected chi connectivity index (χ4v) is 2.27. The molecule has 0 amide bonds. The van der Waals surface area contributed by atoms with E-state index in [0.717, 1.165) is 23.6 Å². The van der Waals surface area contributed by atoms with Gasteiger partial charge in [0, 0.05) is 24.7 Å². The SMILES string of the molecule is CCn1cncc1COc1ccc(F)cc1CNC1CC1. The van der Waals surface area contributed by atoms with Gasteiger partial charge in [-0.05, 0) is 38.0 Å². The van der Waals surface area contributed by atoms with Crippen LogP contribution in [0.4, 0.5) is 4.39 Å². The Morgan fingerprint density at radius 1 is 1.43 bits per heavy atom.